The van der Waals surface area contributed by atoms with Gasteiger partial charge < -0.3 is 14.4 Å². The van der Waals surface area contributed by atoms with E-state index in [-0.39, 0.29) is 11.5 Å². The summed E-state index contributed by atoms with van der Waals surface area (Å²) < 4.78 is 11.4. The third kappa shape index (κ3) is 5.11. The lowest BCUT2D eigenvalue weighted by Gasteiger charge is -2.15. The van der Waals surface area contributed by atoms with E-state index in [1.165, 1.54) is 0 Å². The summed E-state index contributed by atoms with van der Waals surface area (Å²) in [7, 11) is 0. The van der Waals surface area contributed by atoms with Gasteiger partial charge in [0.1, 0.15) is 36.4 Å². The van der Waals surface area contributed by atoms with Gasteiger partial charge in [-0.25, -0.2) is 0 Å². The van der Waals surface area contributed by atoms with E-state index in [1.54, 1.807) is 11.0 Å². The molecule has 3 rings (SSSR count). The number of hydrogen-bond donors (Lipinski definition) is 0. The highest BCUT2D eigenvalue weighted by molar-refractivity contribution is 6.02. The van der Waals surface area contributed by atoms with Crippen LogP contribution in [0, 0.1) is 11.3 Å². The van der Waals surface area contributed by atoms with Gasteiger partial charge in [0, 0.05) is 18.7 Å². The average Bonchev–Trinajstić information content (AvgIpc) is 3.25. The maximum atomic E-state index is 12.5. The largest absolute Gasteiger partial charge is 0.490 e. The van der Waals surface area contributed by atoms with Crippen LogP contribution in [0.5, 0.6) is 11.5 Å². The molecule has 0 radical (unpaired) electrons. The van der Waals surface area contributed by atoms with Crippen molar-refractivity contribution >= 4 is 12.0 Å². The van der Waals surface area contributed by atoms with Crippen molar-refractivity contribution in [2.24, 2.45) is 0 Å². The van der Waals surface area contributed by atoms with Gasteiger partial charge in [0.2, 0.25) is 0 Å². The van der Waals surface area contributed by atoms with Crippen molar-refractivity contribution in [1.29, 1.82) is 5.26 Å². The van der Waals surface area contributed by atoms with Crippen molar-refractivity contribution in [3.8, 4) is 17.6 Å². The molecule has 0 aromatic heterocycles. The number of rotatable bonds is 7. The minimum Gasteiger partial charge on any atom is -0.490 e. The molecule has 1 saturated heterocycles. The molecule has 5 heteroatoms. The standard InChI is InChI=1S/C22H22N2O3/c23-17-19(22(25)24-12-6-7-13-24)16-18-8-4-5-11-21(18)27-15-14-26-20-9-2-1-3-10-20/h1-5,8-11,16H,6-7,12-15H2/b19-16+. The Balaban J connectivity index is 1.64. The highest BCUT2D eigenvalue weighted by atomic mass is 16.5. The van der Waals surface area contributed by atoms with Crippen LogP contribution in [-0.4, -0.2) is 37.1 Å². The SMILES string of the molecule is N#C/C(=C\c1ccccc1OCCOc1ccccc1)C(=O)N1CCCC1. The van der Waals surface area contributed by atoms with Crippen LogP contribution >= 0.6 is 0 Å². The maximum absolute atomic E-state index is 12.5. The average molecular weight is 362 g/mol. The predicted octanol–water partition coefficient (Wildman–Crippen LogP) is 3.67. The molecule has 5 nitrogen and oxygen atoms in total. The maximum Gasteiger partial charge on any atom is 0.264 e. The summed E-state index contributed by atoms with van der Waals surface area (Å²) in [6, 6.07) is 18.9. The fraction of sp³-hybridized carbons (Fsp3) is 0.273. The minimum atomic E-state index is -0.211. The number of nitrogens with zero attached hydrogens (tertiary/aromatic N) is 2. The first kappa shape index (κ1) is 18.5. The highest BCUT2D eigenvalue weighted by Crippen LogP contribution is 2.22. The molecule has 0 aliphatic carbocycles. The van der Waals surface area contributed by atoms with E-state index in [2.05, 4.69) is 0 Å². The molecule has 0 unspecified atom stereocenters. The first-order valence-electron chi connectivity index (χ1n) is 9.08. The molecule has 2 aromatic rings. The van der Waals surface area contributed by atoms with Gasteiger partial charge in [-0.2, -0.15) is 5.26 Å². The molecule has 1 aliphatic heterocycles. The van der Waals surface area contributed by atoms with E-state index in [4.69, 9.17) is 9.47 Å². The predicted molar refractivity (Wildman–Crippen MR) is 103 cm³/mol. The van der Waals surface area contributed by atoms with Crippen LogP contribution in [0.4, 0.5) is 0 Å². The lowest BCUT2D eigenvalue weighted by molar-refractivity contribution is -0.125. The second-order valence-electron chi connectivity index (χ2n) is 6.22. The molecule has 1 amide bonds. The van der Waals surface area contributed by atoms with Gasteiger partial charge in [0.05, 0.1) is 0 Å². The Morgan fingerprint density at radius 2 is 1.67 bits per heavy atom. The van der Waals surface area contributed by atoms with E-state index in [1.807, 2.05) is 60.7 Å². The van der Waals surface area contributed by atoms with E-state index < -0.39 is 0 Å². The van der Waals surface area contributed by atoms with Crippen LogP contribution in [0.1, 0.15) is 18.4 Å². The number of amides is 1. The first-order chi connectivity index (χ1) is 13.3. The molecule has 2 aromatic carbocycles. The number of hydrogen-bond acceptors (Lipinski definition) is 4. The molecule has 138 valence electrons. The zero-order valence-corrected chi connectivity index (χ0v) is 15.1. The van der Waals surface area contributed by atoms with Gasteiger partial charge in [-0.05, 0) is 37.1 Å². The molecule has 1 heterocycles. The smallest absolute Gasteiger partial charge is 0.264 e. The number of nitriles is 1. The van der Waals surface area contributed by atoms with Crippen molar-refractivity contribution in [2.45, 2.75) is 12.8 Å². The third-order valence-corrected chi connectivity index (χ3v) is 4.32. The fourth-order valence-electron chi connectivity index (χ4n) is 2.95. The molecular formula is C22H22N2O3. The molecule has 0 spiro atoms. The highest BCUT2D eigenvalue weighted by Gasteiger charge is 2.21. The van der Waals surface area contributed by atoms with E-state index in [0.717, 1.165) is 18.6 Å². The van der Waals surface area contributed by atoms with Crippen LogP contribution in [0.2, 0.25) is 0 Å². The number of ether oxygens (including phenoxy) is 2. The monoisotopic (exact) mass is 362 g/mol. The normalized spacial score (nSPS) is 13.9. The van der Waals surface area contributed by atoms with E-state index >= 15 is 0 Å². The first-order valence-corrected chi connectivity index (χ1v) is 9.08. The van der Waals surface area contributed by atoms with Gasteiger partial charge in [-0.15, -0.1) is 0 Å². The summed E-state index contributed by atoms with van der Waals surface area (Å²) in [6.07, 6.45) is 3.59. The summed E-state index contributed by atoms with van der Waals surface area (Å²) in [4.78, 5) is 14.2. The summed E-state index contributed by atoms with van der Waals surface area (Å²) in [5.74, 6) is 1.20. The van der Waals surface area contributed by atoms with Crippen molar-refractivity contribution in [3.63, 3.8) is 0 Å². The number of likely N-dealkylation sites (tertiary alicyclic amines) is 1. The molecule has 1 fully saturated rings. The van der Waals surface area contributed by atoms with Crippen LogP contribution in [0.3, 0.4) is 0 Å². The van der Waals surface area contributed by atoms with Crippen LogP contribution in [0.25, 0.3) is 6.08 Å². The zero-order chi connectivity index (χ0) is 18.9. The Labute approximate surface area is 159 Å². The summed E-state index contributed by atoms with van der Waals surface area (Å²) in [5, 5.41) is 9.42. The van der Waals surface area contributed by atoms with Crippen molar-refractivity contribution < 1.29 is 14.3 Å². The fourth-order valence-corrected chi connectivity index (χ4v) is 2.95. The number of para-hydroxylation sites is 2. The molecule has 0 saturated carbocycles. The van der Waals surface area contributed by atoms with Crippen molar-refractivity contribution in [3.05, 3.63) is 65.7 Å². The Morgan fingerprint density at radius 3 is 2.41 bits per heavy atom. The Kier molecular flexibility index (Phi) is 6.48. The quantitative estimate of drug-likeness (QED) is 0.428. The summed E-state index contributed by atoms with van der Waals surface area (Å²) in [6.45, 7) is 2.20. The van der Waals surface area contributed by atoms with E-state index in [0.29, 0.717) is 37.6 Å². The van der Waals surface area contributed by atoms with Gasteiger partial charge in [0.15, 0.2) is 0 Å². The number of benzene rings is 2. The lowest BCUT2D eigenvalue weighted by atomic mass is 10.1. The lowest BCUT2D eigenvalue weighted by Crippen LogP contribution is -2.28. The second kappa shape index (κ2) is 9.44. The van der Waals surface area contributed by atoms with Gasteiger partial charge in [0.25, 0.3) is 5.91 Å². The zero-order valence-electron chi connectivity index (χ0n) is 15.1. The van der Waals surface area contributed by atoms with Crippen molar-refractivity contribution in [2.75, 3.05) is 26.3 Å². The summed E-state index contributed by atoms with van der Waals surface area (Å²) >= 11 is 0. The Morgan fingerprint density at radius 1 is 1.00 bits per heavy atom. The van der Waals surface area contributed by atoms with Gasteiger partial charge >= 0.3 is 0 Å². The Bertz CT molecular complexity index is 834. The molecule has 27 heavy (non-hydrogen) atoms. The molecule has 1 aliphatic rings. The number of carbonyl (C=O) groups excluding carboxylic acids is 1. The molecule has 0 N–H and O–H groups in total. The molecule has 0 atom stereocenters. The van der Waals surface area contributed by atoms with Crippen molar-refractivity contribution in [1.82, 2.24) is 4.90 Å². The topological polar surface area (TPSA) is 62.6 Å². The molecular weight excluding hydrogens is 340 g/mol. The van der Waals surface area contributed by atoms with Crippen LogP contribution in [0.15, 0.2) is 60.2 Å². The van der Waals surface area contributed by atoms with Gasteiger partial charge in [-0.3, -0.25) is 4.79 Å². The minimum absolute atomic E-state index is 0.133. The van der Waals surface area contributed by atoms with Crippen LogP contribution < -0.4 is 9.47 Å². The van der Waals surface area contributed by atoms with E-state index in [9.17, 15) is 10.1 Å². The summed E-state index contributed by atoms with van der Waals surface area (Å²) in [5.41, 5.74) is 0.842. The van der Waals surface area contributed by atoms with Gasteiger partial charge in [-0.1, -0.05) is 36.4 Å². The third-order valence-electron chi connectivity index (χ3n) is 4.32. The molecule has 0 bridgehead atoms. The second-order valence-corrected chi connectivity index (χ2v) is 6.22. The van der Waals surface area contributed by atoms with Crippen LogP contribution in [-0.2, 0) is 4.79 Å². The Hall–Kier alpha value is -3.26. The number of carbonyl (C=O) groups is 1.